The van der Waals surface area contributed by atoms with Gasteiger partial charge in [-0.05, 0) is 24.3 Å². The Morgan fingerprint density at radius 2 is 2.05 bits per heavy atom. The Kier molecular flexibility index (Phi) is 4.35. The molecule has 0 bridgehead atoms. The highest BCUT2D eigenvalue weighted by Crippen LogP contribution is 2.26. The molecule has 3 nitrogen and oxygen atoms in total. The van der Waals surface area contributed by atoms with E-state index in [-0.39, 0.29) is 16.6 Å². The molecule has 1 aromatic heterocycles. The van der Waals surface area contributed by atoms with Crippen LogP contribution in [0.15, 0.2) is 47.4 Å². The number of amides is 1. The number of hydrogen-bond acceptors (Lipinski definition) is 4. The summed E-state index contributed by atoms with van der Waals surface area (Å²) in [5, 5.41) is 3.19. The third kappa shape index (κ3) is 3.42. The number of fused-ring (bicyclic) bond motifs is 1. The third-order valence-electron chi connectivity index (χ3n) is 2.79. The lowest BCUT2D eigenvalue weighted by Crippen LogP contribution is -2.13. The number of thiazole rings is 1. The number of nitrogens with zero attached hydrogens (tertiary/aromatic N) is 1. The smallest absolute Gasteiger partial charge is 0.236 e. The molecule has 0 saturated heterocycles. The summed E-state index contributed by atoms with van der Waals surface area (Å²) in [5.74, 6) is -1.57. The SMILES string of the molecule is O=C(CSc1ccc(F)cc1F)Nc1nc2ccccc2s1. The van der Waals surface area contributed by atoms with Crippen LogP contribution in [-0.4, -0.2) is 16.6 Å². The second kappa shape index (κ2) is 6.41. The third-order valence-corrected chi connectivity index (χ3v) is 4.79. The molecule has 2 aromatic carbocycles. The Morgan fingerprint density at radius 3 is 2.82 bits per heavy atom. The number of aromatic nitrogens is 1. The fraction of sp³-hybridized carbons (Fsp3) is 0.0667. The van der Waals surface area contributed by atoms with Gasteiger partial charge in [0.15, 0.2) is 5.13 Å². The molecule has 1 N–H and O–H groups in total. The van der Waals surface area contributed by atoms with Crippen molar-refractivity contribution >= 4 is 44.4 Å². The fourth-order valence-corrected chi connectivity index (χ4v) is 3.42. The van der Waals surface area contributed by atoms with Crippen molar-refractivity contribution in [2.24, 2.45) is 0 Å². The normalized spacial score (nSPS) is 10.8. The van der Waals surface area contributed by atoms with E-state index in [2.05, 4.69) is 10.3 Å². The van der Waals surface area contributed by atoms with Crippen molar-refractivity contribution in [3.63, 3.8) is 0 Å². The van der Waals surface area contributed by atoms with Crippen molar-refractivity contribution in [3.8, 4) is 0 Å². The van der Waals surface area contributed by atoms with Crippen LogP contribution in [0.2, 0.25) is 0 Å². The summed E-state index contributed by atoms with van der Waals surface area (Å²) in [6.45, 7) is 0. The zero-order valence-corrected chi connectivity index (χ0v) is 12.8. The summed E-state index contributed by atoms with van der Waals surface area (Å²) in [5.41, 5.74) is 0.819. The van der Waals surface area contributed by atoms with E-state index in [9.17, 15) is 13.6 Å². The molecule has 112 valence electrons. The second-order valence-electron chi connectivity index (χ2n) is 4.40. The standard InChI is InChI=1S/C15H10F2N2OS2/c16-9-5-6-12(10(17)7-9)21-8-14(20)19-15-18-11-3-1-2-4-13(11)22-15/h1-7H,8H2,(H,18,19,20). The van der Waals surface area contributed by atoms with E-state index in [1.165, 1.54) is 17.4 Å². The molecular weight excluding hydrogens is 326 g/mol. The van der Waals surface area contributed by atoms with Gasteiger partial charge in [0, 0.05) is 11.0 Å². The molecule has 0 atom stereocenters. The van der Waals surface area contributed by atoms with Gasteiger partial charge < -0.3 is 5.32 Å². The number of anilines is 1. The average Bonchev–Trinajstić information content (AvgIpc) is 2.88. The van der Waals surface area contributed by atoms with Crippen LogP contribution < -0.4 is 5.32 Å². The minimum atomic E-state index is -0.669. The number of benzene rings is 2. The topological polar surface area (TPSA) is 42.0 Å². The molecule has 7 heteroatoms. The van der Waals surface area contributed by atoms with Crippen LogP contribution in [0, 0.1) is 11.6 Å². The van der Waals surface area contributed by atoms with Crippen LogP contribution in [0.25, 0.3) is 10.2 Å². The van der Waals surface area contributed by atoms with Crippen LogP contribution in [0.4, 0.5) is 13.9 Å². The number of para-hydroxylation sites is 1. The summed E-state index contributed by atoms with van der Waals surface area (Å²) in [4.78, 5) is 16.4. The van der Waals surface area contributed by atoms with Crippen LogP contribution in [0.3, 0.4) is 0 Å². The predicted molar refractivity (Wildman–Crippen MR) is 85.3 cm³/mol. The molecule has 3 rings (SSSR count). The number of carbonyl (C=O) groups is 1. The van der Waals surface area contributed by atoms with Gasteiger partial charge in [0.05, 0.1) is 16.0 Å². The van der Waals surface area contributed by atoms with E-state index in [0.29, 0.717) is 5.13 Å². The maximum atomic E-state index is 13.5. The minimum Gasteiger partial charge on any atom is -0.301 e. The average molecular weight is 336 g/mol. The monoisotopic (exact) mass is 336 g/mol. The van der Waals surface area contributed by atoms with Crippen molar-refractivity contribution in [3.05, 3.63) is 54.1 Å². The van der Waals surface area contributed by atoms with E-state index in [1.54, 1.807) is 0 Å². The Bertz CT molecular complexity index is 802. The lowest BCUT2D eigenvalue weighted by atomic mass is 10.3. The molecular formula is C15H10F2N2OS2. The largest absolute Gasteiger partial charge is 0.301 e. The Morgan fingerprint density at radius 1 is 1.23 bits per heavy atom. The summed E-state index contributed by atoms with van der Waals surface area (Å²) in [7, 11) is 0. The van der Waals surface area contributed by atoms with Crippen LogP contribution in [-0.2, 0) is 4.79 Å². The van der Waals surface area contributed by atoms with E-state index in [4.69, 9.17) is 0 Å². The number of nitrogens with one attached hydrogen (secondary N) is 1. The highest BCUT2D eigenvalue weighted by molar-refractivity contribution is 8.00. The van der Waals surface area contributed by atoms with Crippen molar-refractivity contribution in [1.82, 2.24) is 4.98 Å². The van der Waals surface area contributed by atoms with Gasteiger partial charge >= 0.3 is 0 Å². The molecule has 0 unspecified atom stereocenters. The molecule has 1 amide bonds. The van der Waals surface area contributed by atoms with Gasteiger partial charge in [-0.25, -0.2) is 13.8 Å². The number of rotatable bonds is 4. The molecule has 0 saturated carbocycles. The molecule has 0 aliphatic heterocycles. The summed E-state index contributed by atoms with van der Waals surface area (Å²) >= 11 is 2.39. The predicted octanol–water partition coefficient (Wildman–Crippen LogP) is 4.31. The number of thioether (sulfide) groups is 1. The highest BCUT2D eigenvalue weighted by atomic mass is 32.2. The van der Waals surface area contributed by atoms with Crippen molar-refractivity contribution in [2.45, 2.75) is 4.90 Å². The molecule has 0 aliphatic rings. The van der Waals surface area contributed by atoms with Crippen molar-refractivity contribution < 1.29 is 13.6 Å². The van der Waals surface area contributed by atoms with Crippen LogP contribution in [0.5, 0.6) is 0 Å². The molecule has 0 fully saturated rings. The van der Waals surface area contributed by atoms with Gasteiger partial charge in [0.25, 0.3) is 0 Å². The molecule has 3 aromatic rings. The van der Waals surface area contributed by atoms with Gasteiger partial charge in [0.2, 0.25) is 5.91 Å². The van der Waals surface area contributed by atoms with E-state index >= 15 is 0 Å². The zero-order chi connectivity index (χ0) is 15.5. The second-order valence-corrected chi connectivity index (χ2v) is 6.45. The summed E-state index contributed by atoms with van der Waals surface area (Å²) in [6.07, 6.45) is 0. The first-order chi connectivity index (χ1) is 10.6. The fourth-order valence-electron chi connectivity index (χ4n) is 1.82. The van der Waals surface area contributed by atoms with Crippen molar-refractivity contribution in [1.29, 1.82) is 0 Å². The number of carbonyl (C=O) groups excluding carboxylic acids is 1. The number of hydrogen-bond donors (Lipinski definition) is 1. The van der Waals surface area contributed by atoms with E-state index < -0.39 is 11.6 Å². The molecule has 0 radical (unpaired) electrons. The highest BCUT2D eigenvalue weighted by Gasteiger charge is 2.10. The molecule has 1 heterocycles. The van der Waals surface area contributed by atoms with Crippen molar-refractivity contribution in [2.75, 3.05) is 11.1 Å². The molecule has 22 heavy (non-hydrogen) atoms. The maximum Gasteiger partial charge on any atom is 0.236 e. The lowest BCUT2D eigenvalue weighted by Gasteiger charge is -2.03. The Balaban J connectivity index is 1.62. The van der Waals surface area contributed by atoms with Gasteiger partial charge in [-0.3, -0.25) is 4.79 Å². The lowest BCUT2D eigenvalue weighted by molar-refractivity contribution is -0.113. The minimum absolute atomic E-state index is 0.0263. The Hall–Kier alpha value is -1.99. The van der Waals surface area contributed by atoms with E-state index in [0.717, 1.165) is 34.1 Å². The van der Waals surface area contributed by atoms with Gasteiger partial charge in [-0.15, -0.1) is 11.8 Å². The van der Waals surface area contributed by atoms with Crippen LogP contribution >= 0.6 is 23.1 Å². The summed E-state index contributed by atoms with van der Waals surface area (Å²) in [6, 6.07) is 10.8. The Labute approximate surface area is 133 Å². The first-order valence-electron chi connectivity index (χ1n) is 6.35. The molecule has 0 spiro atoms. The maximum absolute atomic E-state index is 13.5. The van der Waals surface area contributed by atoms with E-state index in [1.807, 2.05) is 24.3 Å². The van der Waals surface area contributed by atoms with Gasteiger partial charge in [-0.2, -0.15) is 0 Å². The number of halogens is 2. The zero-order valence-electron chi connectivity index (χ0n) is 11.2. The molecule has 0 aliphatic carbocycles. The van der Waals surface area contributed by atoms with Crippen LogP contribution in [0.1, 0.15) is 0 Å². The summed E-state index contributed by atoms with van der Waals surface area (Å²) < 4.78 is 27.2. The quantitative estimate of drug-likeness (QED) is 0.722. The first-order valence-corrected chi connectivity index (χ1v) is 8.15. The van der Waals surface area contributed by atoms with Gasteiger partial charge in [0.1, 0.15) is 11.6 Å². The van der Waals surface area contributed by atoms with Gasteiger partial charge in [-0.1, -0.05) is 23.5 Å². The first kappa shape index (κ1) is 14.9.